The monoisotopic (exact) mass is 443 g/mol. The van der Waals surface area contributed by atoms with Crippen molar-refractivity contribution in [1.29, 1.82) is 0 Å². The van der Waals surface area contributed by atoms with Crippen LogP contribution >= 0.6 is 23.4 Å². The van der Waals surface area contributed by atoms with Gasteiger partial charge in [-0.3, -0.25) is 9.59 Å². The number of halogens is 1. The van der Waals surface area contributed by atoms with Crippen LogP contribution in [0.1, 0.15) is 28.7 Å². The van der Waals surface area contributed by atoms with Gasteiger partial charge in [0, 0.05) is 13.1 Å². The van der Waals surface area contributed by atoms with Crippen LogP contribution in [0.5, 0.6) is 0 Å². The molecule has 7 nitrogen and oxygen atoms in total. The van der Waals surface area contributed by atoms with Crippen molar-refractivity contribution in [3.05, 3.63) is 76.6 Å². The average Bonchev–Trinajstić information content (AvgIpc) is 3.17. The van der Waals surface area contributed by atoms with Gasteiger partial charge >= 0.3 is 0 Å². The van der Waals surface area contributed by atoms with E-state index >= 15 is 0 Å². The maximum atomic E-state index is 12.3. The van der Waals surface area contributed by atoms with Crippen LogP contribution < -0.4 is 10.6 Å². The van der Waals surface area contributed by atoms with Gasteiger partial charge in [-0.25, -0.2) is 0 Å². The van der Waals surface area contributed by atoms with Crippen molar-refractivity contribution in [2.75, 3.05) is 5.75 Å². The quantitative estimate of drug-likeness (QED) is 0.495. The Morgan fingerprint density at radius 2 is 1.73 bits per heavy atom. The van der Waals surface area contributed by atoms with Gasteiger partial charge in [0.25, 0.3) is 5.91 Å². The molecule has 0 spiro atoms. The van der Waals surface area contributed by atoms with Crippen molar-refractivity contribution in [1.82, 2.24) is 25.4 Å². The van der Waals surface area contributed by atoms with Crippen LogP contribution in [-0.4, -0.2) is 32.3 Å². The molecule has 0 aliphatic heterocycles. The lowest BCUT2D eigenvalue weighted by Gasteiger charge is -2.09. The molecule has 0 fully saturated rings. The molecule has 2 N–H and O–H groups in total. The zero-order chi connectivity index (χ0) is 21.3. The van der Waals surface area contributed by atoms with Crippen LogP contribution in [0, 0.1) is 0 Å². The molecule has 0 radical (unpaired) electrons. The first kappa shape index (κ1) is 21.9. The summed E-state index contributed by atoms with van der Waals surface area (Å²) in [5.41, 5.74) is 1.45. The number of benzene rings is 2. The van der Waals surface area contributed by atoms with E-state index < -0.39 is 0 Å². The third kappa shape index (κ3) is 5.84. The van der Waals surface area contributed by atoms with Crippen molar-refractivity contribution < 1.29 is 9.59 Å². The molecule has 9 heteroatoms. The summed E-state index contributed by atoms with van der Waals surface area (Å²) in [4.78, 5) is 24.5. The number of amides is 2. The number of hydrogen-bond donors (Lipinski definition) is 2. The topological polar surface area (TPSA) is 88.9 Å². The van der Waals surface area contributed by atoms with E-state index in [-0.39, 0.29) is 24.1 Å². The second-order valence-corrected chi connectivity index (χ2v) is 7.71. The van der Waals surface area contributed by atoms with E-state index in [1.165, 1.54) is 11.8 Å². The van der Waals surface area contributed by atoms with Gasteiger partial charge in [-0.2, -0.15) is 0 Å². The van der Waals surface area contributed by atoms with Gasteiger partial charge in [0.1, 0.15) is 0 Å². The Balaban J connectivity index is 1.53. The van der Waals surface area contributed by atoms with E-state index in [1.54, 1.807) is 24.3 Å². The van der Waals surface area contributed by atoms with Crippen molar-refractivity contribution in [2.45, 2.75) is 31.7 Å². The van der Waals surface area contributed by atoms with E-state index in [0.29, 0.717) is 34.7 Å². The Labute approximate surface area is 184 Å². The minimum atomic E-state index is -0.277. The molecule has 2 aromatic carbocycles. The fourth-order valence-electron chi connectivity index (χ4n) is 2.75. The maximum Gasteiger partial charge on any atom is 0.253 e. The fraction of sp³-hybridized carbons (Fsp3) is 0.238. The summed E-state index contributed by atoms with van der Waals surface area (Å²) in [6, 6.07) is 16.6. The van der Waals surface area contributed by atoms with Gasteiger partial charge in [0.15, 0.2) is 11.0 Å². The number of carbonyl (C=O) groups is 2. The molecular formula is C21H22ClN5O2S. The third-order valence-electron chi connectivity index (χ3n) is 4.30. The number of nitrogens with zero attached hydrogens (tertiary/aromatic N) is 3. The SMILES string of the molecule is CCn1c(CNC(=O)c2ccccc2Cl)nnc1SCC(=O)NCc1ccccc1. The largest absolute Gasteiger partial charge is 0.351 e. The number of carbonyl (C=O) groups excluding carboxylic acids is 2. The Morgan fingerprint density at radius 1 is 1.00 bits per heavy atom. The lowest BCUT2D eigenvalue weighted by Crippen LogP contribution is -2.25. The van der Waals surface area contributed by atoms with E-state index in [9.17, 15) is 9.59 Å². The Morgan fingerprint density at radius 3 is 2.47 bits per heavy atom. The van der Waals surface area contributed by atoms with Gasteiger partial charge in [0.05, 0.1) is 22.9 Å². The average molecular weight is 444 g/mol. The summed E-state index contributed by atoms with van der Waals surface area (Å²) in [7, 11) is 0. The zero-order valence-corrected chi connectivity index (χ0v) is 18.0. The molecule has 0 bridgehead atoms. The molecule has 30 heavy (non-hydrogen) atoms. The lowest BCUT2D eigenvalue weighted by atomic mass is 10.2. The van der Waals surface area contributed by atoms with Gasteiger partial charge in [-0.15, -0.1) is 10.2 Å². The van der Waals surface area contributed by atoms with Gasteiger partial charge in [-0.1, -0.05) is 65.8 Å². The van der Waals surface area contributed by atoms with Crippen molar-refractivity contribution >= 4 is 35.2 Å². The zero-order valence-electron chi connectivity index (χ0n) is 16.5. The predicted molar refractivity (Wildman–Crippen MR) is 117 cm³/mol. The number of hydrogen-bond acceptors (Lipinski definition) is 5. The highest BCUT2D eigenvalue weighted by Crippen LogP contribution is 2.18. The van der Waals surface area contributed by atoms with Gasteiger partial charge in [-0.05, 0) is 24.6 Å². The Kier molecular flexibility index (Phi) is 7.87. The lowest BCUT2D eigenvalue weighted by molar-refractivity contribution is -0.118. The van der Waals surface area contributed by atoms with E-state index in [1.807, 2.05) is 41.8 Å². The standard InChI is InChI=1S/C21H22ClN5O2S/c1-2-27-18(13-24-20(29)16-10-6-7-11-17(16)22)25-26-21(27)30-14-19(28)23-12-15-8-4-3-5-9-15/h3-11H,2,12-14H2,1H3,(H,23,28)(H,24,29). The summed E-state index contributed by atoms with van der Waals surface area (Å²) in [5.74, 6) is 0.491. The van der Waals surface area contributed by atoms with E-state index in [0.717, 1.165) is 5.56 Å². The number of rotatable bonds is 9. The highest BCUT2D eigenvalue weighted by Gasteiger charge is 2.15. The Bertz CT molecular complexity index is 1010. The molecule has 1 aromatic heterocycles. The normalized spacial score (nSPS) is 10.6. The number of thioether (sulfide) groups is 1. The molecule has 0 saturated heterocycles. The summed E-state index contributed by atoms with van der Waals surface area (Å²) in [6.45, 7) is 3.28. The first-order valence-electron chi connectivity index (χ1n) is 9.46. The summed E-state index contributed by atoms with van der Waals surface area (Å²) in [5, 5.41) is 15.1. The summed E-state index contributed by atoms with van der Waals surface area (Å²) < 4.78 is 1.88. The van der Waals surface area contributed by atoms with Crippen molar-refractivity contribution in [3.63, 3.8) is 0 Å². The fourth-order valence-corrected chi connectivity index (χ4v) is 3.82. The third-order valence-corrected chi connectivity index (χ3v) is 5.60. The van der Waals surface area contributed by atoms with Gasteiger partial charge in [0.2, 0.25) is 5.91 Å². The molecule has 0 saturated carbocycles. The molecule has 3 rings (SSSR count). The molecule has 3 aromatic rings. The van der Waals surface area contributed by atoms with Crippen molar-refractivity contribution in [3.8, 4) is 0 Å². The van der Waals surface area contributed by atoms with Crippen LogP contribution in [-0.2, 0) is 24.4 Å². The van der Waals surface area contributed by atoms with Crippen LogP contribution in [0.4, 0.5) is 0 Å². The smallest absolute Gasteiger partial charge is 0.253 e. The first-order chi connectivity index (χ1) is 14.6. The molecule has 2 amide bonds. The number of aromatic nitrogens is 3. The molecule has 0 unspecified atom stereocenters. The molecule has 0 aliphatic carbocycles. The van der Waals surface area contributed by atoms with E-state index in [2.05, 4.69) is 20.8 Å². The van der Waals surface area contributed by atoms with Crippen molar-refractivity contribution in [2.24, 2.45) is 0 Å². The molecule has 1 heterocycles. The predicted octanol–water partition coefficient (Wildman–Crippen LogP) is 3.29. The van der Waals surface area contributed by atoms with Crippen LogP contribution in [0.15, 0.2) is 59.8 Å². The summed E-state index contributed by atoms with van der Waals surface area (Å²) >= 11 is 7.38. The molecular weight excluding hydrogens is 422 g/mol. The van der Waals surface area contributed by atoms with Crippen LogP contribution in [0.25, 0.3) is 0 Å². The Hall–Kier alpha value is -2.84. The van der Waals surface area contributed by atoms with Crippen LogP contribution in [0.2, 0.25) is 5.02 Å². The highest BCUT2D eigenvalue weighted by molar-refractivity contribution is 7.99. The second-order valence-electron chi connectivity index (χ2n) is 6.36. The maximum absolute atomic E-state index is 12.3. The minimum Gasteiger partial charge on any atom is -0.351 e. The second kappa shape index (κ2) is 10.8. The first-order valence-corrected chi connectivity index (χ1v) is 10.8. The van der Waals surface area contributed by atoms with Gasteiger partial charge < -0.3 is 15.2 Å². The molecule has 0 atom stereocenters. The minimum absolute atomic E-state index is 0.0805. The molecule has 0 aliphatic rings. The van der Waals surface area contributed by atoms with E-state index in [4.69, 9.17) is 11.6 Å². The highest BCUT2D eigenvalue weighted by atomic mass is 35.5. The van der Waals surface area contributed by atoms with Crippen LogP contribution in [0.3, 0.4) is 0 Å². The number of nitrogens with one attached hydrogen (secondary N) is 2. The molecule has 156 valence electrons. The summed E-state index contributed by atoms with van der Waals surface area (Å²) in [6.07, 6.45) is 0.